The van der Waals surface area contributed by atoms with E-state index in [0.29, 0.717) is 13.1 Å². The predicted molar refractivity (Wildman–Crippen MR) is 80.8 cm³/mol. The van der Waals surface area contributed by atoms with Crippen molar-refractivity contribution in [3.05, 3.63) is 35.1 Å². The number of hydrogen-bond donors (Lipinski definition) is 1. The van der Waals surface area contributed by atoms with Gasteiger partial charge in [0.05, 0.1) is 0 Å². The van der Waals surface area contributed by atoms with Gasteiger partial charge in [0.1, 0.15) is 5.82 Å². The molecule has 0 amide bonds. The molecule has 0 unspecified atom stereocenters. The number of nitrogens with zero attached hydrogens (tertiary/aromatic N) is 2. The first-order chi connectivity index (χ1) is 9.58. The van der Waals surface area contributed by atoms with Crippen molar-refractivity contribution < 1.29 is 4.39 Å². The molecule has 1 saturated heterocycles. The smallest absolute Gasteiger partial charge is 0.128 e. The minimum atomic E-state index is -0.136. The Morgan fingerprint density at radius 3 is 2.65 bits per heavy atom. The number of likely N-dealkylation sites (tertiary alicyclic amines) is 1. The maximum atomic E-state index is 13.9. The first kappa shape index (κ1) is 15.4. The lowest BCUT2D eigenvalue weighted by molar-refractivity contribution is 0.172. The van der Waals surface area contributed by atoms with E-state index in [1.165, 1.54) is 25.9 Å². The monoisotopic (exact) mass is 279 g/mol. The molecule has 1 aliphatic rings. The average molecular weight is 279 g/mol. The quantitative estimate of drug-likeness (QED) is 0.895. The zero-order chi connectivity index (χ0) is 14.5. The van der Waals surface area contributed by atoms with E-state index >= 15 is 0 Å². The molecule has 2 rings (SSSR count). The topological polar surface area (TPSA) is 32.5 Å². The van der Waals surface area contributed by atoms with Gasteiger partial charge < -0.3 is 15.5 Å². The summed E-state index contributed by atoms with van der Waals surface area (Å²) in [5.41, 5.74) is 7.14. The van der Waals surface area contributed by atoms with Gasteiger partial charge >= 0.3 is 0 Å². The molecule has 1 fully saturated rings. The van der Waals surface area contributed by atoms with E-state index in [2.05, 4.69) is 23.9 Å². The van der Waals surface area contributed by atoms with E-state index in [1.807, 2.05) is 12.1 Å². The van der Waals surface area contributed by atoms with Crippen LogP contribution in [0.5, 0.6) is 0 Å². The van der Waals surface area contributed by atoms with Gasteiger partial charge in [-0.25, -0.2) is 4.39 Å². The van der Waals surface area contributed by atoms with Gasteiger partial charge in [-0.05, 0) is 57.6 Å². The standard InChI is InChI=1S/C16H26FN3/c1-19-7-5-13(6-8-19)11-20(2)12-15-4-3-14(10-18)9-16(15)17/h3-4,9,13H,5-8,10-12,18H2,1-2H3. The highest BCUT2D eigenvalue weighted by Gasteiger charge is 2.18. The molecule has 1 heterocycles. The van der Waals surface area contributed by atoms with E-state index in [4.69, 9.17) is 5.73 Å². The Balaban J connectivity index is 1.86. The van der Waals surface area contributed by atoms with Gasteiger partial charge in [0.25, 0.3) is 0 Å². The van der Waals surface area contributed by atoms with Crippen LogP contribution < -0.4 is 5.73 Å². The zero-order valence-corrected chi connectivity index (χ0v) is 12.6. The fourth-order valence-electron chi connectivity index (χ4n) is 2.89. The molecule has 4 heteroatoms. The Labute approximate surface area is 121 Å². The predicted octanol–water partition coefficient (Wildman–Crippen LogP) is 2.06. The molecule has 0 bridgehead atoms. The van der Waals surface area contributed by atoms with Gasteiger partial charge in [-0.1, -0.05) is 12.1 Å². The molecule has 3 nitrogen and oxygen atoms in total. The Morgan fingerprint density at radius 2 is 2.05 bits per heavy atom. The molecule has 20 heavy (non-hydrogen) atoms. The molecule has 0 atom stereocenters. The summed E-state index contributed by atoms with van der Waals surface area (Å²) in [6.45, 7) is 4.47. The molecule has 0 spiro atoms. The molecule has 0 aliphatic carbocycles. The summed E-state index contributed by atoms with van der Waals surface area (Å²) < 4.78 is 13.9. The van der Waals surface area contributed by atoms with Crippen LogP contribution in [0.15, 0.2) is 18.2 Å². The molecule has 1 aliphatic heterocycles. The SMILES string of the molecule is CN1CCC(CN(C)Cc2ccc(CN)cc2F)CC1. The first-order valence-corrected chi connectivity index (χ1v) is 7.43. The summed E-state index contributed by atoms with van der Waals surface area (Å²) in [6, 6.07) is 5.34. The van der Waals surface area contributed by atoms with Crippen LogP contribution in [-0.2, 0) is 13.1 Å². The number of rotatable bonds is 5. The molecule has 1 aromatic rings. The number of hydrogen-bond acceptors (Lipinski definition) is 3. The van der Waals surface area contributed by atoms with Crippen molar-refractivity contribution in [2.45, 2.75) is 25.9 Å². The molecule has 0 radical (unpaired) electrons. The fourth-order valence-corrected chi connectivity index (χ4v) is 2.89. The summed E-state index contributed by atoms with van der Waals surface area (Å²) in [6.07, 6.45) is 2.49. The lowest BCUT2D eigenvalue weighted by Crippen LogP contribution is -2.35. The van der Waals surface area contributed by atoms with Crippen LogP contribution in [0.4, 0.5) is 4.39 Å². The third kappa shape index (κ3) is 4.27. The minimum Gasteiger partial charge on any atom is -0.326 e. The fraction of sp³-hybridized carbons (Fsp3) is 0.625. The average Bonchev–Trinajstić information content (AvgIpc) is 2.43. The van der Waals surface area contributed by atoms with Crippen molar-refractivity contribution in [2.75, 3.05) is 33.7 Å². The number of nitrogens with two attached hydrogens (primary N) is 1. The summed E-state index contributed by atoms with van der Waals surface area (Å²) in [5, 5.41) is 0. The Kier molecular flexibility index (Phi) is 5.52. The minimum absolute atomic E-state index is 0.136. The Bertz CT molecular complexity index is 428. The van der Waals surface area contributed by atoms with Crippen molar-refractivity contribution in [1.82, 2.24) is 9.80 Å². The van der Waals surface area contributed by atoms with Gasteiger partial charge in [0.15, 0.2) is 0 Å². The maximum absolute atomic E-state index is 13.9. The summed E-state index contributed by atoms with van der Waals surface area (Å²) in [4.78, 5) is 4.61. The van der Waals surface area contributed by atoms with Crippen LogP contribution in [0, 0.1) is 11.7 Å². The highest BCUT2D eigenvalue weighted by molar-refractivity contribution is 5.24. The van der Waals surface area contributed by atoms with Gasteiger partial charge in [-0.2, -0.15) is 0 Å². The van der Waals surface area contributed by atoms with Crippen molar-refractivity contribution in [1.29, 1.82) is 0 Å². The Hall–Kier alpha value is -0.970. The normalized spacial score (nSPS) is 17.9. The number of piperidine rings is 1. The van der Waals surface area contributed by atoms with E-state index in [0.717, 1.165) is 23.6 Å². The van der Waals surface area contributed by atoms with Crippen molar-refractivity contribution >= 4 is 0 Å². The first-order valence-electron chi connectivity index (χ1n) is 7.43. The molecular weight excluding hydrogens is 253 g/mol. The third-order valence-electron chi connectivity index (χ3n) is 4.20. The molecule has 112 valence electrons. The summed E-state index contributed by atoms with van der Waals surface area (Å²) in [7, 11) is 4.25. The van der Waals surface area contributed by atoms with Crippen LogP contribution >= 0.6 is 0 Å². The van der Waals surface area contributed by atoms with Crippen molar-refractivity contribution in [3.63, 3.8) is 0 Å². The third-order valence-corrected chi connectivity index (χ3v) is 4.20. The number of halogens is 1. The number of benzene rings is 1. The maximum Gasteiger partial charge on any atom is 0.128 e. The van der Waals surface area contributed by atoms with E-state index < -0.39 is 0 Å². The van der Waals surface area contributed by atoms with Gasteiger partial charge in [-0.15, -0.1) is 0 Å². The molecular formula is C16H26FN3. The highest BCUT2D eigenvalue weighted by Crippen LogP contribution is 2.18. The van der Waals surface area contributed by atoms with Crippen molar-refractivity contribution in [3.8, 4) is 0 Å². The van der Waals surface area contributed by atoms with Crippen LogP contribution in [0.25, 0.3) is 0 Å². The highest BCUT2D eigenvalue weighted by atomic mass is 19.1. The second-order valence-corrected chi connectivity index (χ2v) is 6.07. The lowest BCUT2D eigenvalue weighted by Gasteiger charge is -2.31. The van der Waals surface area contributed by atoms with E-state index in [-0.39, 0.29) is 5.82 Å². The van der Waals surface area contributed by atoms with Crippen molar-refractivity contribution in [2.24, 2.45) is 11.7 Å². The van der Waals surface area contributed by atoms with Gasteiger partial charge in [0, 0.05) is 25.2 Å². The van der Waals surface area contributed by atoms with Crippen LogP contribution in [0.1, 0.15) is 24.0 Å². The molecule has 2 N–H and O–H groups in total. The summed E-state index contributed by atoms with van der Waals surface area (Å²) >= 11 is 0. The lowest BCUT2D eigenvalue weighted by atomic mass is 9.96. The van der Waals surface area contributed by atoms with Crippen LogP contribution in [0.2, 0.25) is 0 Å². The second kappa shape index (κ2) is 7.16. The van der Waals surface area contributed by atoms with Gasteiger partial charge in [-0.3, -0.25) is 0 Å². The van der Waals surface area contributed by atoms with Crippen LogP contribution in [0.3, 0.4) is 0 Å². The van der Waals surface area contributed by atoms with E-state index in [9.17, 15) is 4.39 Å². The van der Waals surface area contributed by atoms with Crippen LogP contribution in [-0.4, -0.2) is 43.5 Å². The Morgan fingerprint density at radius 1 is 1.35 bits per heavy atom. The summed E-state index contributed by atoms with van der Waals surface area (Å²) in [5.74, 6) is 0.603. The van der Waals surface area contributed by atoms with E-state index in [1.54, 1.807) is 6.07 Å². The molecule has 0 aromatic heterocycles. The zero-order valence-electron chi connectivity index (χ0n) is 12.6. The largest absolute Gasteiger partial charge is 0.326 e. The molecule has 1 aromatic carbocycles. The second-order valence-electron chi connectivity index (χ2n) is 6.07. The molecule has 0 saturated carbocycles. The van der Waals surface area contributed by atoms with Gasteiger partial charge in [0.2, 0.25) is 0 Å².